The van der Waals surface area contributed by atoms with Gasteiger partial charge in [-0.25, -0.2) is 22.8 Å². The summed E-state index contributed by atoms with van der Waals surface area (Å²) in [4.78, 5) is 26.4. The van der Waals surface area contributed by atoms with Crippen LogP contribution in [0, 0.1) is 5.82 Å². The first-order valence-corrected chi connectivity index (χ1v) is 15.4. The molecule has 1 aliphatic heterocycles. The smallest absolute Gasteiger partial charge is 0.354 e. The van der Waals surface area contributed by atoms with Crippen LogP contribution in [0.15, 0.2) is 84.0 Å². The molecule has 0 aliphatic carbocycles. The first-order valence-electron chi connectivity index (χ1n) is 14.0. The molecule has 0 amide bonds. The molecule has 0 radical (unpaired) electrons. The average Bonchev–Trinajstić information content (AvgIpc) is 3.52. The molecule has 5 rings (SSSR count). The topological polar surface area (TPSA) is 105 Å². The number of nitrogens with zero attached hydrogens (tertiary/aromatic N) is 4. The second-order valence-electron chi connectivity index (χ2n) is 10.4. The van der Waals surface area contributed by atoms with Crippen LogP contribution >= 0.6 is 0 Å². The molecule has 2 aromatic heterocycles. The zero-order valence-electron chi connectivity index (χ0n) is 23.5. The standard InChI is InChI=1S/C31H29F4N5O3S/c32-24-9-12-26(13-10-24)44(42,43)40-18-2-4-28(40)29(41)14-11-25-19-27(22-5-7-23(8-6-22)31(33,34)35)39-30(38-25)37-17-15-21-3-1-16-36-20-21/h1,3,5-10,12-13,16,19-20,28H,2,4,11,14-15,17-18H2,(H,37,38,39)/t28-/m0/s1. The third kappa shape index (κ3) is 7.45. The SMILES string of the molecule is O=C(CCc1cc(-c2ccc(C(F)(F)F)cc2)nc(NCCc2cccnc2)n1)[C@@H]1CCCN1S(=O)(=O)c1ccc(F)cc1. The van der Waals surface area contributed by atoms with Gasteiger partial charge in [-0.05, 0) is 79.8 Å². The van der Waals surface area contributed by atoms with Crippen LogP contribution in [-0.2, 0) is 33.8 Å². The van der Waals surface area contributed by atoms with E-state index in [1.807, 2.05) is 12.1 Å². The number of aryl methyl sites for hydroxylation is 1. The van der Waals surface area contributed by atoms with Crippen molar-refractivity contribution in [2.45, 2.75) is 49.2 Å². The Morgan fingerprint density at radius 1 is 1.00 bits per heavy atom. The van der Waals surface area contributed by atoms with E-state index in [0.717, 1.165) is 29.8 Å². The molecular weight excluding hydrogens is 598 g/mol. The lowest BCUT2D eigenvalue weighted by molar-refractivity contribution is -0.137. The number of carbonyl (C=O) groups is 1. The number of hydrogen-bond donors (Lipinski definition) is 1. The number of alkyl halides is 3. The van der Waals surface area contributed by atoms with E-state index < -0.39 is 33.6 Å². The maximum Gasteiger partial charge on any atom is 0.416 e. The van der Waals surface area contributed by atoms with E-state index in [9.17, 15) is 30.8 Å². The molecule has 1 atom stereocenters. The maximum absolute atomic E-state index is 13.4. The minimum Gasteiger partial charge on any atom is -0.354 e. The van der Waals surface area contributed by atoms with Crippen LogP contribution in [0.3, 0.4) is 0 Å². The van der Waals surface area contributed by atoms with Crippen molar-refractivity contribution < 1.29 is 30.8 Å². The van der Waals surface area contributed by atoms with E-state index in [1.54, 1.807) is 18.5 Å². The van der Waals surface area contributed by atoms with Crippen LogP contribution in [0.1, 0.15) is 36.1 Å². The van der Waals surface area contributed by atoms with E-state index in [-0.39, 0.29) is 36.0 Å². The lowest BCUT2D eigenvalue weighted by Crippen LogP contribution is -2.40. The Kier molecular flexibility index (Phi) is 9.35. The summed E-state index contributed by atoms with van der Waals surface area (Å²) >= 11 is 0. The van der Waals surface area contributed by atoms with Crippen LogP contribution in [0.5, 0.6) is 0 Å². The quantitative estimate of drug-likeness (QED) is 0.213. The second kappa shape index (κ2) is 13.2. The summed E-state index contributed by atoms with van der Waals surface area (Å²) in [7, 11) is -4.00. The Balaban J connectivity index is 1.33. The third-order valence-corrected chi connectivity index (χ3v) is 9.25. The molecule has 230 valence electrons. The Bertz CT molecular complexity index is 1700. The first kappa shape index (κ1) is 31.2. The Hall–Kier alpha value is -4.23. The zero-order chi connectivity index (χ0) is 31.3. The Morgan fingerprint density at radius 2 is 1.75 bits per heavy atom. The largest absolute Gasteiger partial charge is 0.416 e. The van der Waals surface area contributed by atoms with E-state index in [1.165, 1.54) is 28.6 Å². The van der Waals surface area contributed by atoms with Gasteiger partial charge >= 0.3 is 6.18 Å². The van der Waals surface area contributed by atoms with Crippen molar-refractivity contribution in [2.75, 3.05) is 18.4 Å². The number of sulfonamides is 1. The average molecular weight is 628 g/mol. The highest BCUT2D eigenvalue weighted by molar-refractivity contribution is 7.89. The van der Waals surface area contributed by atoms with Crippen LogP contribution in [0.2, 0.25) is 0 Å². The van der Waals surface area contributed by atoms with Crippen molar-refractivity contribution in [1.29, 1.82) is 0 Å². The fraction of sp³-hybridized carbons (Fsp3) is 0.290. The number of benzene rings is 2. The second-order valence-corrected chi connectivity index (χ2v) is 12.3. The summed E-state index contributed by atoms with van der Waals surface area (Å²) < 4.78 is 80.3. The van der Waals surface area contributed by atoms with Crippen LogP contribution < -0.4 is 5.32 Å². The number of Topliss-reactive ketones (excluding diaryl/α,β-unsaturated/α-hetero) is 1. The van der Waals surface area contributed by atoms with Gasteiger partial charge in [0, 0.05) is 43.2 Å². The van der Waals surface area contributed by atoms with Crippen LogP contribution in [0.25, 0.3) is 11.3 Å². The van der Waals surface area contributed by atoms with E-state index in [2.05, 4.69) is 20.3 Å². The number of rotatable bonds is 11. The van der Waals surface area contributed by atoms with Gasteiger partial charge in [0.05, 0.1) is 22.2 Å². The normalized spacial score (nSPS) is 15.8. The lowest BCUT2D eigenvalue weighted by atomic mass is 10.0. The van der Waals surface area contributed by atoms with Crippen molar-refractivity contribution >= 4 is 21.8 Å². The third-order valence-electron chi connectivity index (χ3n) is 7.33. The molecule has 0 bridgehead atoms. The minimum atomic E-state index is -4.48. The molecule has 13 heteroatoms. The van der Waals surface area contributed by atoms with E-state index in [4.69, 9.17) is 0 Å². The number of hydrogen-bond acceptors (Lipinski definition) is 7. The Morgan fingerprint density at radius 3 is 2.43 bits per heavy atom. The summed E-state index contributed by atoms with van der Waals surface area (Å²) in [6.07, 6.45) is 0.563. The molecule has 0 spiro atoms. The number of anilines is 1. The maximum atomic E-state index is 13.4. The van der Waals surface area contributed by atoms with Crippen molar-refractivity contribution in [3.05, 3.63) is 102 Å². The highest BCUT2D eigenvalue weighted by Crippen LogP contribution is 2.31. The predicted molar refractivity (Wildman–Crippen MR) is 156 cm³/mol. The molecule has 2 aromatic carbocycles. The first-order chi connectivity index (χ1) is 21.0. The monoisotopic (exact) mass is 627 g/mol. The van der Waals surface area contributed by atoms with Gasteiger partial charge in [0.2, 0.25) is 16.0 Å². The van der Waals surface area contributed by atoms with Gasteiger partial charge in [0.1, 0.15) is 5.82 Å². The molecule has 1 aliphatic rings. The fourth-order valence-electron chi connectivity index (χ4n) is 5.06. The predicted octanol–water partition coefficient (Wildman–Crippen LogP) is 5.71. The van der Waals surface area contributed by atoms with E-state index in [0.29, 0.717) is 42.8 Å². The molecule has 1 N–H and O–H groups in total. The van der Waals surface area contributed by atoms with Gasteiger partial charge in [-0.2, -0.15) is 17.5 Å². The molecule has 0 unspecified atom stereocenters. The zero-order valence-corrected chi connectivity index (χ0v) is 24.3. The van der Waals surface area contributed by atoms with Crippen LogP contribution in [-0.4, -0.2) is 52.6 Å². The van der Waals surface area contributed by atoms with Gasteiger partial charge < -0.3 is 5.32 Å². The fourth-order valence-corrected chi connectivity index (χ4v) is 6.73. The summed E-state index contributed by atoms with van der Waals surface area (Å²) in [6.45, 7) is 0.630. The van der Waals surface area contributed by atoms with Gasteiger partial charge in [-0.1, -0.05) is 18.2 Å². The minimum absolute atomic E-state index is 0.0152. The number of ketones is 1. The molecule has 8 nitrogen and oxygen atoms in total. The summed E-state index contributed by atoms with van der Waals surface area (Å²) in [5, 5.41) is 3.14. The number of nitrogens with one attached hydrogen (secondary N) is 1. The van der Waals surface area contributed by atoms with Crippen molar-refractivity contribution in [3.63, 3.8) is 0 Å². The van der Waals surface area contributed by atoms with E-state index >= 15 is 0 Å². The summed E-state index contributed by atoms with van der Waals surface area (Å²) in [5.41, 5.74) is 1.49. The molecule has 0 saturated carbocycles. The molecular formula is C31H29F4N5O3S. The number of aromatic nitrogens is 3. The van der Waals surface area contributed by atoms with Crippen molar-refractivity contribution in [1.82, 2.24) is 19.3 Å². The van der Waals surface area contributed by atoms with Crippen LogP contribution in [0.4, 0.5) is 23.5 Å². The molecule has 3 heterocycles. The number of carbonyl (C=O) groups excluding carboxylic acids is 1. The summed E-state index contributed by atoms with van der Waals surface area (Å²) in [5.74, 6) is -0.603. The summed E-state index contributed by atoms with van der Waals surface area (Å²) in [6, 6.07) is 13.6. The molecule has 4 aromatic rings. The molecule has 44 heavy (non-hydrogen) atoms. The highest BCUT2D eigenvalue weighted by atomic mass is 32.2. The van der Waals surface area contributed by atoms with Gasteiger partial charge in [-0.15, -0.1) is 0 Å². The van der Waals surface area contributed by atoms with Crippen molar-refractivity contribution in [2.24, 2.45) is 0 Å². The highest BCUT2D eigenvalue weighted by Gasteiger charge is 2.39. The molecule has 1 fully saturated rings. The van der Waals surface area contributed by atoms with Gasteiger partial charge in [0.15, 0.2) is 5.78 Å². The van der Waals surface area contributed by atoms with Crippen molar-refractivity contribution in [3.8, 4) is 11.3 Å². The van der Waals surface area contributed by atoms with Gasteiger partial charge in [-0.3, -0.25) is 9.78 Å². The molecule has 1 saturated heterocycles. The number of halogens is 4. The van der Waals surface area contributed by atoms with Gasteiger partial charge in [0.25, 0.3) is 0 Å². The number of pyridine rings is 1. The lowest BCUT2D eigenvalue weighted by Gasteiger charge is -2.23. The Labute approximate surface area is 252 Å².